The molecule has 4 amide bonds. The van der Waals surface area contributed by atoms with E-state index in [0.717, 1.165) is 17.3 Å². The lowest BCUT2D eigenvalue weighted by atomic mass is 9.93. The lowest BCUT2D eigenvalue weighted by Crippen LogP contribution is -2.57. The van der Waals surface area contributed by atoms with Crippen molar-refractivity contribution >= 4 is 41.2 Å². The Morgan fingerprint density at radius 3 is 2.86 bits per heavy atom. The molecule has 2 atom stereocenters. The van der Waals surface area contributed by atoms with Crippen LogP contribution in [0.1, 0.15) is 24.8 Å². The van der Waals surface area contributed by atoms with Gasteiger partial charge in [-0.3, -0.25) is 14.9 Å². The molecule has 0 bridgehead atoms. The first-order valence-electron chi connectivity index (χ1n) is 8.99. The number of rotatable bonds is 8. The first-order chi connectivity index (χ1) is 13.9. The molecule has 0 spiro atoms. The second-order valence-corrected chi connectivity index (χ2v) is 7.85. The van der Waals surface area contributed by atoms with Gasteiger partial charge in [0.2, 0.25) is 17.7 Å². The van der Waals surface area contributed by atoms with Gasteiger partial charge in [0.05, 0.1) is 11.7 Å². The van der Waals surface area contributed by atoms with Crippen LogP contribution in [-0.4, -0.2) is 39.8 Å². The van der Waals surface area contributed by atoms with Crippen LogP contribution < -0.4 is 16.0 Å². The fourth-order valence-corrected chi connectivity index (χ4v) is 3.66. The second-order valence-electron chi connectivity index (χ2n) is 6.52. The Morgan fingerprint density at radius 2 is 2.10 bits per heavy atom. The Kier molecular flexibility index (Phi) is 7.10. The lowest BCUT2D eigenvalue weighted by Gasteiger charge is -2.28. The largest absolute Gasteiger partial charge is 0.416 e. The van der Waals surface area contributed by atoms with Gasteiger partial charge in [0.1, 0.15) is 0 Å². The number of urea groups is 1. The molecule has 0 saturated carbocycles. The zero-order valence-corrected chi connectivity index (χ0v) is 17.2. The molecule has 2 heterocycles. The number of benzene rings is 1. The molecule has 0 radical (unpaired) electrons. The van der Waals surface area contributed by atoms with Gasteiger partial charge in [-0.25, -0.2) is 4.79 Å². The molecule has 1 aromatic carbocycles. The van der Waals surface area contributed by atoms with Crippen molar-refractivity contribution in [2.45, 2.75) is 37.6 Å². The Morgan fingerprint density at radius 1 is 1.31 bits per heavy atom. The van der Waals surface area contributed by atoms with Gasteiger partial charge in [-0.05, 0) is 25.0 Å². The summed E-state index contributed by atoms with van der Waals surface area (Å²) in [6, 6.07) is 6.54. The molecule has 1 aromatic heterocycles. The fraction of sp³-hybridized carbons (Fsp3) is 0.389. The molecule has 3 rings (SSSR count). The van der Waals surface area contributed by atoms with E-state index in [2.05, 4.69) is 26.1 Å². The maximum atomic E-state index is 12.0. The number of amides is 4. The Bertz CT molecular complexity index is 906. The van der Waals surface area contributed by atoms with Gasteiger partial charge in [-0.1, -0.05) is 41.6 Å². The van der Waals surface area contributed by atoms with Crippen molar-refractivity contribution in [2.24, 2.45) is 5.92 Å². The minimum atomic E-state index is -0.483. The first-order valence-corrected chi connectivity index (χ1v) is 10.4. The molecule has 29 heavy (non-hydrogen) atoms. The quantitative estimate of drug-likeness (QED) is 0.538. The molecular weight excluding hydrogens is 418 g/mol. The summed E-state index contributed by atoms with van der Waals surface area (Å²) in [5.74, 6) is -0.365. The van der Waals surface area contributed by atoms with Crippen LogP contribution in [-0.2, 0) is 22.6 Å². The second kappa shape index (κ2) is 9.75. The zero-order valence-electron chi connectivity index (χ0n) is 15.6. The van der Waals surface area contributed by atoms with E-state index in [-0.39, 0.29) is 34.7 Å². The summed E-state index contributed by atoms with van der Waals surface area (Å²) >= 11 is 7.19. The van der Waals surface area contributed by atoms with E-state index in [1.54, 1.807) is 13.0 Å². The maximum absolute atomic E-state index is 12.0. The number of carbonyl (C=O) groups excluding carboxylic acids is 3. The summed E-state index contributed by atoms with van der Waals surface area (Å²) in [6.07, 6.45) is 0.850. The van der Waals surface area contributed by atoms with Gasteiger partial charge in [0.15, 0.2) is 0 Å². The molecule has 1 aliphatic heterocycles. The first kappa shape index (κ1) is 21.1. The van der Waals surface area contributed by atoms with E-state index in [0.29, 0.717) is 30.3 Å². The van der Waals surface area contributed by atoms with Crippen LogP contribution in [0.15, 0.2) is 33.9 Å². The molecule has 11 heteroatoms. The highest BCUT2D eigenvalue weighted by atomic mass is 35.5. The van der Waals surface area contributed by atoms with Crippen LogP contribution in [0, 0.1) is 5.92 Å². The summed E-state index contributed by atoms with van der Waals surface area (Å²) in [5.41, 5.74) is 0.838. The molecular formula is C18H20ClN5O4S. The predicted molar refractivity (Wildman–Crippen MR) is 106 cm³/mol. The Balaban J connectivity index is 1.42. The molecule has 2 aromatic rings. The van der Waals surface area contributed by atoms with E-state index >= 15 is 0 Å². The average molecular weight is 438 g/mol. The van der Waals surface area contributed by atoms with Crippen molar-refractivity contribution in [1.82, 2.24) is 26.1 Å². The Hall–Kier alpha value is -2.59. The number of aryl methyl sites for hydroxylation is 1. The number of aromatic nitrogens is 2. The lowest BCUT2D eigenvalue weighted by molar-refractivity contribution is -0.125. The van der Waals surface area contributed by atoms with Crippen molar-refractivity contribution in [3.05, 3.63) is 40.7 Å². The van der Waals surface area contributed by atoms with Crippen molar-refractivity contribution < 1.29 is 18.8 Å². The molecule has 3 N–H and O–H groups in total. The SMILES string of the molecule is CC1NC(=O)NC(=O)C1CCc1nnc(SCC(=O)NCc2ccccc2Cl)o1. The van der Waals surface area contributed by atoms with E-state index in [4.69, 9.17) is 16.0 Å². The number of imide groups is 1. The zero-order chi connectivity index (χ0) is 20.8. The summed E-state index contributed by atoms with van der Waals surface area (Å²) in [5, 5.41) is 16.4. The third-order valence-electron chi connectivity index (χ3n) is 4.41. The van der Waals surface area contributed by atoms with Gasteiger partial charge >= 0.3 is 6.03 Å². The highest BCUT2D eigenvalue weighted by molar-refractivity contribution is 7.99. The molecule has 1 saturated heterocycles. The van der Waals surface area contributed by atoms with Crippen LogP contribution >= 0.6 is 23.4 Å². The minimum Gasteiger partial charge on any atom is -0.416 e. The van der Waals surface area contributed by atoms with E-state index in [9.17, 15) is 14.4 Å². The molecule has 9 nitrogen and oxygen atoms in total. The molecule has 154 valence electrons. The van der Waals surface area contributed by atoms with Gasteiger partial charge in [0.25, 0.3) is 5.22 Å². The molecule has 1 fully saturated rings. The monoisotopic (exact) mass is 437 g/mol. The Labute approximate surface area is 176 Å². The van der Waals surface area contributed by atoms with Crippen LogP contribution in [0.4, 0.5) is 4.79 Å². The summed E-state index contributed by atoms with van der Waals surface area (Å²) in [4.78, 5) is 35.2. The smallest absolute Gasteiger partial charge is 0.321 e. The standard InChI is InChI=1S/C18H20ClN5O4S/c1-10-12(16(26)22-17(27)21-10)6-7-15-23-24-18(28-15)29-9-14(25)20-8-11-4-2-3-5-13(11)19/h2-5,10,12H,6-9H2,1H3,(H,20,25)(H2,21,22,26,27). The predicted octanol–water partition coefficient (Wildman–Crippen LogP) is 1.91. The summed E-state index contributed by atoms with van der Waals surface area (Å²) < 4.78 is 5.52. The van der Waals surface area contributed by atoms with Crippen LogP contribution in [0.25, 0.3) is 0 Å². The molecule has 0 aliphatic carbocycles. The number of thioether (sulfide) groups is 1. The van der Waals surface area contributed by atoms with E-state index < -0.39 is 6.03 Å². The highest BCUT2D eigenvalue weighted by Gasteiger charge is 2.32. The number of hydrogen-bond donors (Lipinski definition) is 3. The van der Waals surface area contributed by atoms with E-state index in [1.807, 2.05) is 18.2 Å². The number of hydrogen-bond acceptors (Lipinski definition) is 7. The normalized spacial score (nSPS) is 18.8. The van der Waals surface area contributed by atoms with Gasteiger partial charge in [-0.15, -0.1) is 10.2 Å². The third kappa shape index (κ3) is 5.94. The topological polar surface area (TPSA) is 126 Å². The van der Waals surface area contributed by atoms with Gasteiger partial charge < -0.3 is 15.1 Å². The van der Waals surface area contributed by atoms with Crippen molar-refractivity contribution in [1.29, 1.82) is 0 Å². The van der Waals surface area contributed by atoms with Crippen LogP contribution in [0.3, 0.4) is 0 Å². The number of halogens is 1. The number of nitrogens with one attached hydrogen (secondary N) is 3. The minimum absolute atomic E-state index is 0.125. The van der Waals surface area contributed by atoms with Gasteiger partial charge in [-0.2, -0.15) is 0 Å². The van der Waals surface area contributed by atoms with Crippen molar-refractivity contribution in [3.63, 3.8) is 0 Å². The fourth-order valence-electron chi connectivity index (χ4n) is 2.85. The van der Waals surface area contributed by atoms with Crippen molar-refractivity contribution in [2.75, 3.05) is 5.75 Å². The van der Waals surface area contributed by atoms with Crippen LogP contribution in [0.5, 0.6) is 0 Å². The average Bonchev–Trinajstić information content (AvgIpc) is 3.13. The van der Waals surface area contributed by atoms with E-state index in [1.165, 1.54) is 0 Å². The number of carbonyl (C=O) groups is 3. The highest BCUT2D eigenvalue weighted by Crippen LogP contribution is 2.20. The van der Waals surface area contributed by atoms with Gasteiger partial charge in [0, 0.05) is 24.0 Å². The number of nitrogens with zero attached hydrogens (tertiary/aromatic N) is 2. The summed E-state index contributed by atoms with van der Waals surface area (Å²) in [7, 11) is 0. The summed E-state index contributed by atoms with van der Waals surface area (Å²) in [6.45, 7) is 2.12. The third-order valence-corrected chi connectivity index (χ3v) is 5.60. The maximum Gasteiger partial charge on any atom is 0.321 e. The van der Waals surface area contributed by atoms with Crippen molar-refractivity contribution in [3.8, 4) is 0 Å². The molecule has 1 aliphatic rings. The van der Waals surface area contributed by atoms with Crippen LogP contribution in [0.2, 0.25) is 5.02 Å². The molecule has 2 unspecified atom stereocenters.